The van der Waals surface area contributed by atoms with E-state index in [0.717, 1.165) is 23.3 Å². The van der Waals surface area contributed by atoms with Crippen molar-refractivity contribution in [3.63, 3.8) is 0 Å². The molecule has 0 spiro atoms. The van der Waals surface area contributed by atoms with Gasteiger partial charge in [0.1, 0.15) is 5.65 Å². The van der Waals surface area contributed by atoms with Gasteiger partial charge in [-0.15, -0.1) is 0 Å². The SMILES string of the molecule is CCc1c(-c2ccc(OC)nc2)nc2c(C)cccn12. The zero-order chi connectivity index (χ0) is 14.1. The standard InChI is InChI=1S/C16H17N3O/c1-4-13-15(12-7-8-14(20-3)17-10-12)18-16-11(2)6-5-9-19(13)16/h5-10H,4H2,1-3H3. The minimum absolute atomic E-state index is 0.617. The highest BCUT2D eigenvalue weighted by Crippen LogP contribution is 2.26. The van der Waals surface area contributed by atoms with Crippen LogP contribution >= 0.6 is 0 Å². The number of hydrogen-bond donors (Lipinski definition) is 0. The number of aromatic nitrogens is 3. The predicted octanol–water partition coefficient (Wildman–Crippen LogP) is 3.28. The fourth-order valence-corrected chi connectivity index (χ4v) is 2.46. The normalized spacial score (nSPS) is 10.9. The second kappa shape index (κ2) is 4.96. The average molecular weight is 267 g/mol. The summed E-state index contributed by atoms with van der Waals surface area (Å²) in [5.74, 6) is 0.617. The van der Waals surface area contributed by atoms with Crippen molar-refractivity contribution in [1.82, 2.24) is 14.4 Å². The number of aryl methyl sites for hydroxylation is 2. The van der Waals surface area contributed by atoms with Gasteiger partial charge in [0.15, 0.2) is 0 Å². The zero-order valence-electron chi connectivity index (χ0n) is 11.9. The van der Waals surface area contributed by atoms with Crippen molar-refractivity contribution in [2.45, 2.75) is 20.3 Å². The predicted molar refractivity (Wildman–Crippen MR) is 79.1 cm³/mol. The van der Waals surface area contributed by atoms with Crippen molar-refractivity contribution < 1.29 is 4.74 Å². The summed E-state index contributed by atoms with van der Waals surface area (Å²) in [6.07, 6.45) is 4.80. The lowest BCUT2D eigenvalue weighted by Gasteiger charge is -2.03. The molecule has 0 fully saturated rings. The van der Waals surface area contributed by atoms with Crippen LogP contribution in [0.2, 0.25) is 0 Å². The second-order valence-electron chi connectivity index (χ2n) is 4.73. The Labute approximate surface area is 118 Å². The molecule has 102 valence electrons. The van der Waals surface area contributed by atoms with E-state index in [0.29, 0.717) is 5.88 Å². The molecule has 0 amide bonds. The van der Waals surface area contributed by atoms with E-state index in [1.165, 1.54) is 11.3 Å². The van der Waals surface area contributed by atoms with Crippen LogP contribution < -0.4 is 4.74 Å². The number of imidazole rings is 1. The molecule has 3 rings (SSSR count). The fraction of sp³-hybridized carbons (Fsp3) is 0.250. The Bertz CT molecular complexity index is 744. The molecular formula is C16H17N3O. The fourth-order valence-electron chi connectivity index (χ4n) is 2.46. The Morgan fingerprint density at radius 3 is 2.75 bits per heavy atom. The zero-order valence-corrected chi connectivity index (χ0v) is 11.9. The summed E-state index contributed by atoms with van der Waals surface area (Å²) >= 11 is 0. The van der Waals surface area contributed by atoms with Crippen molar-refractivity contribution in [3.8, 4) is 17.1 Å². The Morgan fingerprint density at radius 1 is 1.25 bits per heavy atom. The van der Waals surface area contributed by atoms with Gasteiger partial charge in [-0.05, 0) is 31.0 Å². The minimum Gasteiger partial charge on any atom is -0.481 e. The van der Waals surface area contributed by atoms with Crippen LogP contribution in [0.5, 0.6) is 5.88 Å². The first-order valence-corrected chi connectivity index (χ1v) is 6.71. The monoisotopic (exact) mass is 267 g/mol. The number of ether oxygens (including phenoxy) is 1. The summed E-state index contributed by atoms with van der Waals surface area (Å²) in [5, 5.41) is 0. The molecule has 0 radical (unpaired) electrons. The van der Waals surface area contributed by atoms with E-state index in [1.807, 2.05) is 18.3 Å². The van der Waals surface area contributed by atoms with Gasteiger partial charge < -0.3 is 9.14 Å². The van der Waals surface area contributed by atoms with E-state index >= 15 is 0 Å². The Hall–Kier alpha value is -2.36. The van der Waals surface area contributed by atoms with Crippen LogP contribution in [0.4, 0.5) is 0 Å². The lowest BCUT2D eigenvalue weighted by atomic mass is 10.1. The summed E-state index contributed by atoms with van der Waals surface area (Å²) < 4.78 is 7.26. The first-order valence-electron chi connectivity index (χ1n) is 6.71. The van der Waals surface area contributed by atoms with Crippen LogP contribution in [-0.2, 0) is 6.42 Å². The summed E-state index contributed by atoms with van der Waals surface area (Å²) in [6.45, 7) is 4.23. The molecule has 0 atom stereocenters. The van der Waals surface area contributed by atoms with Crippen LogP contribution in [0.15, 0.2) is 36.7 Å². The molecule has 0 saturated carbocycles. The Kier molecular flexibility index (Phi) is 3.14. The van der Waals surface area contributed by atoms with Crippen LogP contribution in [-0.4, -0.2) is 21.5 Å². The molecule has 0 aliphatic carbocycles. The summed E-state index contributed by atoms with van der Waals surface area (Å²) in [4.78, 5) is 9.06. The van der Waals surface area contributed by atoms with E-state index in [9.17, 15) is 0 Å². The van der Waals surface area contributed by atoms with Gasteiger partial charge in [0.05, 0.1) is 18.5 Å². The first kappa shape index (κ1) is 12.7. The van der Waals surface area contributed by atoms with E-state index in [2.05, 4.69) is 41.6 Å². The average Bonchev–Trinajstić information content (AvgIpc) is 2.87. The van der Waals surface area contributed by atoms with Crippen LogP contribution in [0.1, 0.15) is 18.2 Å². The topological polar surface area (TPSA) is 39.4 Å². The highest BCUT2D eigenvalue weighted by Gasteiger charge is 2.13. The van der Waals surface area contributed by atoms with Gasteiger partial charge in [0.25, 0.3) is 0 Å². The number of methoxy groups -OCH3 is 1. The van der Waals surface area contributed by atoms with Crippen molar-refractivity contribution >= 4 is 5.65 Å². The van der Waals surface area contributed by atoms with Gasteiger partial charge in [-0.1, -0.05) is 13.0 Å². The molecule has 20 heavy (non-hydrogen) atoms. The van der Waals surface area contributed by atoms with Crippen molar-refractivity contribution in [2.24, 2.45) is 0 Å². The molecule has 0 N–H and O–H groups in total. The molecule has 0 bridgehead atoms. The number of rotatable bonds is 3. The van der Waals surface area contributed by atoms with E-state index < -0.39 is 0 Å². The lowest BCUT2D eigenvalue weighted by Crippen LogP contribution is -1.93. The Balaban J connectivity index is 2.21. The third-order valence-electron chi connectivity index (χ3n) is 3.50. The maximum atomic E-state index is 5.10. The molecule has 3 heterocycles. The smallest absolute Gasteiger partial charge is 0.212 e. The number of fused-ring (bicyclic) bond motifs is 1. The van der Waals surface area contributed by atoms with E-state index in [1.54, 1.807) is 7.11 Å². The number of nitrogens with zero attached hydrogens (tertiary/aromatic N) is 3. The van der Waals surface area contributed by atoms with Gasteiger partial charge in [-0.3, -0.25) is 0 Å². The molecule has 3 aromatic heterocycles. The first-order chi connectivity index (χ1) is 9.74. The lowest BCUT2D eigenvalue weighted by molar-refractivity contribution is 0.398. The molecule has 0 unspecified atom stereocenters. The van der Waals surface area contributed by atoms with Crippen LogP contribution in [0, 0.1) is 6.92 Å². The summed E-state index contributed by atoms with van der Waals surface area (Å²) in [7, 11) is 1.62. The highest BCUT2D eigenvalue weighted by molar-refractivity contribution is 5.67. The third kappa shape index (κ3) is 1.93. The van der Waals surface area contributed by atoms with Gasteiger partial charge in [0, 0.05) is 24.0 Å². The maximum absolute atomic E-state index is 5.10. The summed E-state index contributed by atoms with van der Waals surface area (Å²) in [5.41, 5.74) is 5.41. The highest BCUT2D eigenvalue weighted by atomic mass is 16.5. The third-order valence-corrected chi connectivity index (χ3v) is 3.50. The van der Waals surface area contributed by atoms with E-state index in [-0.39, 0.29) is 0 Å². The van der Waals surface area contributed by atoms with Crippen LogP contribution in [0.25, 0.3) is 16.9 Å². The number of pyridine rings is 2. The molecule has 4 heteroatoms. The van der Waals surface area contributed by atoms with E-state index in [4.69, 9.17) is 9.72 Å². The minimum atomic E-state index is 0.617. The maximum Gasteiger partial charge on any atom is 0.212 e. The molecule has 0 saturated heterocycles. The molecular weight excluding hydrogens is 250 g/mol. The molecule has 0 aliphatic heterocycles. The Morgan fingerprint density at radius 2 is 2.10 bits per heavy atom. The molecule has 0 aliphatic rings. The van der Waals surface area contributed by atoms with Crippen molar-refractivity contribution in [1.29, 1.82) is 0 Å². The van der Waals surface area contributed by atoms with Crippen molar-refractivity contribution in [2.75, 3.05) is 7.11 Å². The van der Waals surface area contributed by atoms with Gasteiger partial charge in [0.2, 0.25) is 5.88 Å². The molecule has 0 aromatic carbocycles. The van der Waals surface area contributed by atoms with Crippen LogP contribution in [0.3, 0.4) is 0 Å². The van der Waals surface area contributed by atoms with Gasteiger partial charge in [-0.25, -0.2) is 9.97 Å². The second-order valence-corrected chi connectivity index (χ2v) is 4.73. The van der Waals surface area contributed by atoms with Gasteiger partial charge in [-0.2, -0.15) is 0 Å². The van der Waals surface area contributed by atoms with Crippen molar-refractivity contribution in [3.05, 3.63) is 47.9 Å². The molecule has 4 nitrogen and oxygen atoms in total. The summed E-state index contributed by atoms with van der Waals surface area (Å²) in [6, 6.07) is 8.00. The quantitative estimate of drug-likeness (QED) is 0.731. The number of hydrogen-bond acceptors (Lipinski definition) is 3. The van der Waals surface area contributed by atoms with Gasteiger partial charge >= 0.3 is 0 Å². The molecule has 3 aromatic rings. The largest absolute Gasteiger partial charge is 0.481 e.